The number of amides is 1. The van der Waals surface area contributed by atoms with Gasteiger partial charge >= 0.3 is 0 Å². The summed E-state index contributed by atoms with van der Waals surface area (Å²) in [4.78, 5) is 42.5. The van der Waals surface area contributed by atoms with Gasteiger partial charge in [0.25, 0.3) is 11.5 Å². The van der Waals surface area contributed by atoms with Crippen LogP contribution in [0.1, 0.15) is 44.1 Å². The average molecular weight is 344 g/mol. The van der Waals surface area contributed by atoms with Crippen LogP contribution in [-0.4, -0.2) is 34.7 Å². The molecule has 6 heteroatoms. The predicted molar refractivity (Wildman–Crippen MR) is 93.8 cm³/mol. The van der Waals surface area contributed by atoms with E-state index in [1.54, 1.807) is 11.0 Å². The summed E-state index contributed by atoms with van der Waals surface area (Å²) in [5, 5.41) is 1.88. The minimum Gasteiger partial charge on any atom is -0.338 e. The van der Waals surface area contributed by atoms with E-state index in [2.05, 4.69) is 4.98 Å². The van der Waals surface area contributed by atoms with E-state index in [-0.39, 0.29) is 28.7 Å². The van der Waals surface area contributed by atoms with Gasteiger partial charge in [-0.25, -0.2) is 0 Å². The van der Waals surface area contributed by atoms with Crippen LogP contribution in [0.2, 0.25) is 0 Å². The number of nitrogens with one attached hydrogen (secondary N) is 1. The van der Waals surface area contributed by atoms with E-state index >= 15 is 0 Å². The number of aromatic amines is 1. The summed E-state index contributed by atoms with van der Waals surface area (Å²) < 4.78 is 0. The van der Waals surface area contributed by atoms with Crippen molar-refractivity contribution in [1.29, 1.82) is 0 Å². The van der Waals surface area contributed by atoms with Gasteiger partial charge in [0.15, 0.2) is 5.78 Å². The number of Topliss-reactive ketones (excluding diaryl/α,β-unsaturated/α-hetero) is 1. The quantitative estimate of drug-likeness (QED) is 0.871. The fraction of sp³-hybridized carbons (Fsp3) is 0.389. The SMILES string of the molecule is Cc1cc(C(=O)N2CCCC(C(=O)c3cccs3)C2)c(=O)[nH]c1C. The second-order valence-corrected chi connectivity index (χ2v) is 7.20. The van der Waals surface area contributed by atoms with Gasteiger partial charge < -0.3 is 9.88 Å². The Kier molecular flexibility index (Phi) is 4.66. The number of hydrogen-bond acceptors (Lipinski definition) is 4. The zero-order chi connectivity index (χ0) is 17.3. The fourth-order valence-corrected chi connectivity index (χ4v) is 3.79. The lowest BCUT2D eigenvalue weighted by Crippen LogP contribution is -2.43. The van der Waals surface area contributed by atoms with Gasteiger partial charge in [-0.1, -0.05) is 6.07 Å². The molecule has 0 saturated carbocycles. The van der Waals surface area contributed by atoms with E-state index in [0.29, 0.717) is 13.1 Å². The first-order valence-corrected chi connectivity index (χ1v) is 8.93. The number of carbonyl (C=O) groups is 2. The van der Waals surface area contributed by atoms with Gasteiger partial charge in [0.1, 0.15) is 5.56 Å². The molecule has 1 aliphatic heterocycles. The highest BCUT2D eigenvalue weighted by atomic mass is 32.1. The van der Waals surface area contributed by atoms with Crippen LogP contribution in [-0.2, 0) is 0 Å². The zero-order valence-corrected chi connectivity index (χ0v) is 14.6. The Morgan fingerprint density at radius 1 is 1.33 bits per heavy atom. The highest BCUT2D eigenvalue weighted by molar-refractivity contribution is 7.12. The third kappa shape index (κ3) is 3.19. The third-order valence-corrected chi connectivity index (χ3v) is 5.46. The summed E-state index contributed by atoms with van der Waals surface area (Å²) in [6, 6.07) is 5.32. The van der Waals surface area contributed by atoms with Crippen molar-refractivity contribution in [2.24, 2.45) is 5.92 Å². The minimum absolute atomic E-state index is 0.0940. The molecule has 1 saturated heterocycles. The van der Waals surface area contributed by atoms with Crippen molar-refractivity contribution in [3.63, 3.8) is 0 Å². The first kappa shape index (κ1) is 16.6. The number of pyridine rings is 1. The molecule has 2 aromatic rings. The molecule has 5 nitrogen and oxygen atoms in total. The third-order valence-electron chi connectivity index (χ3n) is 4.57. The maximum atomic E-state index is 12.7. The molecule has 3 rings (SSSR count). The molecule has 0 aliphatic carbocycles. The Labute approximate surface area is 144 Å². The van der Waals surface area contributed by atoms with Crippen LogP contribution in [0.25, 0.3) is 0 Å². The Hall–Kier alpha value is -2.21. The van der Waals surface area contributed by atoms with Crippen LogP contribution in [0.5, 0.6) is 0 Å². The summed E-state index contributed by atoms with van der Waals surface area (Å²) in [5.74, 6) is -0.383. The molecule has 1 N–H and O–H groups in total. The fourth-order valence-electron chi connectivity index (χ4n) is 3.05. The number of aryl methyl sites for hydroxylation is 2. The molecule has 1 atom stereocenters. The van der Waals surface area contributed by atoms with E-state index in [4.69, 9.17) is 0 Å². The number of hydrogen-bond donors (Lipinski definition) is 1. The number of carbonyl (C=O) groups excluding carboxylic acids is 2. The van der Waals surface area contributed by atoms with Gasteiger partial charge in [-0.15, -0.1) is 11.3 Å². The van der Waals surface area contributed by atoms with E-state index in [9.17, 15) is 14.4 Å². The number of likely N-dealkylation sites (tertiary alicyclic amines) is 1. The van der Waals surface area contributed by atoms with E-state index in [1.807, 2.05) is 31.4 Å². The van der Waals surface area contributed by atoms with Crippen molar-refractivity contribution in [3.8, 4) is 0 Å². The zero-order valence-electron chi connectivity index (χ0n) is 13.8. The lowest BCUT2D eigenvalue weighted by atomic mass is 9.92. The lowest BCUT2D eigenvalue weighted by molar-refractivity contribution is 0.0636. The number of thiophene rings is 1. The van der Waals surface area contributed by atoms with Gasteiger partial charge in [0.2, 0.25) is 0 Å². The molecule has 0 bridgehead atoms. The highest BCUT2D eigenvalue weighted by Gasteiger charge is 2.30. The van der Waals surface area contributed by atoms with Gasteiger partial charge in [-0.3, -0.25) is 14.4 Å². The smallest absolute Gasteiger partial charge is 0.261 e. The second kappa shape index (κ2) is 6.73. The monoisotopic (exact) mass is 344 g/mol. The average Bonchev–Trinajstić information content (AvgIpc) is 3.11. The molecule has 0 aromatic carbocycles. The Morgan fingerprint density at radius 3 is 2.83 bits per heavy atom. The standard InChI is InChI=1S/C18H20N2O3S/c1-11-9-14(17(22)19-12(11)2)18(23)20-7-3-5-13(10-20)16(21)15-6-4-8-24-15/h4,6,8-9,13H,3,5,7,10H2,1-2H3,(H,19,22). The van der Waals surface area contributed by atoms with Crippen LogP contribution in [0.3, 0.4) is 0 Å². The van der Waals surface area contributed by atoms with Gasteiger partial charge in [-0.2, -0.15) is 0 Å². The minimum atomic E-state index is -0.366. The molecule has 126 valence electrons. The summed E-state index contributed by atoms with van der Waals surface area (Å²) in [6.07, 6.45) is 1.56. The summed E-state index contributed by atoms with van der Waals surface area (Å²) in [7, 11) is 0. The van der Waals surface area contributed by atoms with Gasteiger partial charge in [0, 0.05) is 24.7 Å². The molecule has 1 fully saturated rings. The molecule has 3 heterocycles. The number of H-pyrrole nitrogens is 1. The normalized spacial score (nSPS) is 17.8. The van der Waals surface area contributed by atoms with E-state index in [1.165, 1.54) is 11.3 Å². The highest BCUT2D eigenvalue weighted by Crippen LogP contribution is 2.24. The molecule has 1 amide bonds. The molecule has 0 spiro atoms. The largest absolute Gasteiger partial charge is 0.338 e. The molecule has 1 unspecified atom stereocenters. The number of rotatable bonds is 3. The molecule has 1 aliphatic rings. The topological polar surface area (TPSA) is 70.2 Å². The maximum Gasteiger partial charge on any atom is 0.261 e. The van der Waals surface area contributed by atoms with Crippen molar-refractivity contribution < 1.29 is 9.59 Å². The molecule has 24 heavy (non-hydrogen) atoms. The van der Waals surface area contributed by atoms with Crippen LogP contribution in [0.15, 0.2) is 28.4 Å². The van der Waals surface area contributed by atoms with Crippen molar-refractivity contribution >= 4 is 23.0 Å². The van der Waals surface area contributed by atoms with Crippen LogP contribution >= 0.6 is 11.3 Å². The maximum absolute atomic E-state index is 12.7. The Morgan fingerprint density at radius 2 is 2.12 bits per heavy atom. The van der Waals surface area contributed by atoms with Crippen LogP contribution < -0.4 is 5.56 Å². The number of aromatic nitrogens is 1. The Balaban J connectivity index is 1.80. The predicted octanol–water partition coefficient (Wildman–Crippen LogP) is 2.79. The van der Waals surface area contributed by atoms with E-state index in [0.717, 1.165) is 29.0 Å². The summed E-state index contributed by atoms with van der Waals surface area (Å²) in [5.41, 5.74) is 1.43. The van der Waals surface area contributed by atoms with Gasteiger partial charge in [-0.05, 0) is 49.8 Å². The number of ketones is 1. The molecular formula is C18H20N2O3S. The van der Waals surface area contributed by atoms with Crippen LogP contribution in [0.4, 0.5) is 0 Å². The Bertz CT molecular complexity index is 823. The van der Waals surface area contributed by atoms with Crippen molar-refractivity contribution in [1.82, 2.24) is 9.88 Å². The number of piperidine rings is 1. The summed E-state index contributed by atoms with van der Waals surface area (Å²) in [6.45, 7) is 4.63. The first-order valence-electron chi connectivity index (χ1n) is 8.05. The van der Waals surface area contributed by atoms with Gasteiger partial charge in [0.05, 0.1) is 4.88 Å². The summed E-state index contributed by atoms with van der Waals surface area (Å²) >= 11 is 1.43. The second-order valence-electron chi connectivity index (χ2n) is 6.25. The molecule has 0 radical (unpaired) electrons. The van der Waals surface area contributed by atoms with E-state index < -0.39 is 0 Å². The number of nitrogens with zero attached hydrogens (tertiary/aromatic N) is 1. The first-order chi connectivity index (χ1) is 11.5. The van der Waals surface area contributed by atoms with Crippen molar-refractivity contribution in [3.05, 3.63) is 55.6 Å². The van der Waals surface area contributed by atoms with Crippen LogP contribution in [0, 0.1) is 19.8 Å². The van der Waals surface area contributed by atoms with Crippen molar-refractivity contribution in [2.75, 3.05) is 13.1 Å². The molecular weight excluding hydrogens is 324 g/mol. The van der Waals surface area contributed by atoms with Crippen molar-refractivity contribution in [2.45, 2.75) is 26.7 Å². The molecule has 2 aromatic heterocycles. The lowest BCUT2D eigenvalue weighted by Gasteiger charge is -2.31.